The van der Waals surface area contributed by atoms with Gasteiger partial charge in [0.15, 0.2) is 18.5 Å². The second-order valence-corrected chi connectivity index (χ2v) is 11.3. The molecule has 50 heavy (non-hydrogen) atoms. The molecular formula is C31H40N6O13. The maximum absolute atomic E-state index is 13.2. The lowest BCUT2D eigenvalue weighted by molar-refractivity contribution is -0.273. The van der Waals surface area contributed by atoms with E-state index < -0.39 is 78.3 Å². The van der Waals surface area contributed by atoms with Crippen molar-refractivity contribution in [3.63, 3.8) is 0 Å². The first-order chi connectivity index (χ1) is 23.9. The van der Waals surface area contributed by atoms with Crippen molar-refractivity contribution in [3.05, 3.63) is 46.3 Å². The van der Waals surface area contributed by atoms with Crippen molar-refractivity contribution in [1.29, 1.82) is 0 Å². The lowest BCUT2D eigenvalue weighted by Crippen LogP contribution is -2.66. The number of imide groups is 1. The topological polar surface area (TPSA) is 251 Å². The van der Waals surface area contributed by atoms with Crippen LogP contribution in [0.2, 0.25) is 0 Å². The highest BCUT2D eigenvalue weighted by atomic mass is 16.7. The Labute approximate surface area is 286 Å². The van der Waals surface area contributed by atoms with Crippen molar-refractivity contribution in [1.82, 2.24) is 15.7 Å². The van der Waals surface area contributed by atoms with Gasteiger partial charge in [0.25, 0.3) is 11.8 Å². The molecule has 2 aliphatic rings. The molecule has 2 heterocycles. The van der Waals surface area contributed by atoms with Crippen LogP contribution in [0.5, 0.6) is 0 Å². The summed E-state index contributed by atoms with van der Waals surface area (Å²) in [6.07, 6.45) is -7.12. The van der Waals surface area contributed by atoms with Gasteiger partial charge in [-0.2, -0.15) is 0 Å². The van der Waals surface area contributed by atoms with Crippen LogP contribution in [0.25, 0.3) is 10.4 Å². The van der Waals surface area contributed by atoms with Gasteiger partial charge in [-0.3, -0.25) is 28.8 Å². The van der Waals surface area contributed by atoms with Gasteiger partial charge in [-0.15, -0.1) is 5.06 Å². The smallest absolute Gasteiger partial charge is 0.333 e. The molecule has 272 valence electrons. The van der Waals surface area contributed by atoms with Crippen molar-refractivity contribution in [2.45, 2.75) is 96.2 Å². The van der Waals surface area contributed by atoms with E-state index in [0.717, 1.165) is 19.4 Å². The van der Waals surface area contributed by atoms with Crippen LogP contribution in [-0.4, -0.2) is 103 Å². The van der Waals surface area contributed by atoms with Crippen molar-refractivity contribution >= 4 is 41.6 Å². The molecule has 1 aromatic rings. The monoisotopic (exact) mass is 704 g/mol. The van der Waals surface area contributed by atoms with E-state index in [0.29, 0.717) is 11.6 Å². The fraction of sp³-hybridized carbons (Fsp3) is 0.581. The van der Waals surface area contributed by atoms with Gasteiger partial charge in [0.05, 0.1) is 13.2 Å². The van der Waals surface area contributed by atoms with E-state index in [9.17, 15) is 33.6 Å². The zero-order valence-corrected chi connectivity index (χ0v) is 27.8. The normalized spacial score (nSPS) is 22.1. The third-order valence-corrected chi connectivity index (χ3v) is 7.21. The number of nitrogens with zero attached hydrogens (tertiary/aromatic N) is 4. The molecule has 2 aliphatic heterocycles. The van der Waals surface area contributed by atoms with Crippen LogP contribution in [-0.2, 0) is 68.6 Å². The Kier molecular flexibility index (Phi) is 15.6. The van der Waals surface area contributed by atoms with Gasteiger partial charge in [0.1, 0.15) is 18.2 Å². The molecule has 2 saturated heterocycles. The van der Waals surface area contributed by atoms with Gasteiger partial charge in [0.2, 0.25) is 5.91 Å². The molecule has 1 aromatic carbocycles. The highest BCUT2D eigenvalue weighted by molar-refractivity contribution is 6.01. The molecule has 0 spiro atoms. The quantitative estimate of drug-likeness (QED) is 0.0538. The van der Waals surface area contributed by atoms with Gasteiger partial charge in [-0.25, -0.2) is 4.79 Å². The highest BCUT2D eigenvalue weighted by Gasteiger charge is 2.51. The summed E-state index contributed by atoms with van der Waals surface area (Å²) in [5.41, 5.74) is 9.94. The van der Waals surface area contributed by atoms with Crippen molar-refractivity contribution in [2.24, 2.45) is 5.11 Å². The average molecular weight is 705 g/mol. The molecule has 19 nitrogen and oxygen atoms in total. The Morgan fingerprint density at radius 1 is 0.980 bits per heavy atom. The number of esters is 3. The van der Waals surface area contributed by atoms with Crippen LogP contribution in [0, 0.1) is 0 Å². The minimum Gasteiger partial charge on any atom is -0.459 e. The Morgan fingerprint density at radius 3 is 2.26 bits per heavy atom. The molecule has 2 N–H and O–H groups in total. The fourth-order valence-electron chi connectivity index (χ4n) is 5.13. The summed E-state index contributed by atoms with van der Waals surface area (Å²) in [6.45, 7) is 3.34. The molecule has 0 radical (unpaired) electrons. The number of nitrogens with one attached hydrogen (secondary N) is 2. The van der Waals surface area contributed by atoms with Crippen LogP contribution < -0.4 is 10.6 Å². The van der Waals surface area contributed by atoms with Crippen LogP contribution >= 0.6 is 0 Å². The predicted molar refractivity (Wildman–Crippen MR) is 166 cm³/mol. The number of carbonyl (C=O) groups excluding carboxylic acids is 7. The minimum atomic E-state index is -1.43. The Balaban J connectivity index is 1.77. The summed E-state index contributed by atoms with van der Waals surface area (Å²) >= 11 is 0. The Bertz CT molecular complexity index is 1420. The van der Waals surface area contributed by atoms with Gasteiger partial charge >= 0.3 is 23.9 Å². The van der Waals surface area contributed by atoms with E-state index >= 15 is 0 Å². The van der Waals surface area contributed by atoms with Crippen LogP contribution in [0.1, 0.15) is 58.4 Å². The fourth-order valence-corrected chi connectivity index (χ4v) is 5.13. The Morgan fingerprint density at radius 2 is 1.64 bits per heavy atom. The first kappa shape index (κ1) is 39.3. The molecule has 6 atom stereocenters. The minimum absolute atomic E-state index is 0.0748. The van der Waals surface area contributed by atoms with E-state index in [1.54, 1.807) is 0 Å². The second kappa shape index (κ2) is 19.8. The van der Waals surface area contributed by atoms with Crippen LogP contribution in [0.15, 0.2) is 35.4 Å². The summed E-state index contributed by atoms with van der Waals surface area (Å²) in [7, 11) is 0. The van der Waals surface area contributed by atoms with Gasteiger partial charge in [-0.05, 0) is 17.5 Å². The number of amides is 3. The summed E-state index contributed by atoms with van der Waals surface area (Å²) in [5, 5.41) is 9.71. The highest BCUT2D eigenvalue weighted by Crippen LogP contribution is 2.28. The largest absolute Gasteiger partial charge is 0.459 e. The van der Waals surface area contributed by atoms with Crippen molar-refractivity contribution in [2.75, 3.05) is 19.7 Å². The van der Waals surface area contributed by atoms with E-state index in [-0.39, 0.29) is 51.8 Å². The van der Waals surface area contributed by atoms with Gasteiger partial charge in [-0.1, -0.05) is 35.4 Å². The van der Waals surface area contributed by atoms with Crippen molar-refractivity contribution in [3.8, 4) is 0 Å². The molecule has 6 unspecified atom stereocenters. The summed E-state index contributed by atoms with van der Waals surface area (Å²) < 4.78 is 28.4. The third-order valence-electron chi connectivity index (χ3n) is 7.21. The lowest BCUT2D eigenvalue weighted by Gasteiger charge is -2.45. The predicted octanol–water partition coefficient (Wildman–Crippen LogP) is 0.885. The Hall–Kier alpha value is -5.10. The summed E-state index contributed by atoms with van der Waals surface area (Å²) in [5.74, 6) is -5.09. The van der Waals surface area contributed by atoms with Crippen LogP contribution in [0.4, 0.5) is 0 Å². The first-order valence-electron chi connectivity index (χ1n) is 15.8. The summed E-state index contributed by atoms with van der Waals surface area (Å²) in [4.78, 5) is 92.6. The zero-order chi connectivity index (χ0) is 36.6. The number of rotatable bonds is 18. The number of azide groups is 1. The van der Waals surface area contributed by atoms with Crippen LogP contribution in [0.3, 0.4) is 0 Å². The molecular weight excluding hydrogens is 664 g/mol. The van der Waals surface area contributed by atoms with Gasteiger partial charge in [0, 0.05) is 64.5 Å². The molecule has 3 rings (SSSR count). The maximum Gasteiger partial charge on any atom is 0.333 e. The number of hydroxylamine groups is 2. The average Bonchev–Trinajstić information content (AvgIpc) is 3.36. The van der Waals surface area contributed by atoms with Gasteiger partial charge < -0.3 is 39.2 Å². The second-order valence-electron chi connectivity index (χ2n) is 11.3. The number of hydrogen-bond acceptors (Lipinski definition) is 15. The number of hydrogen-bond donors (Lipinski definition) is 2. The number of benzene rings is 1. The molecule has 3 amide bonds. The standard InChI is InChI=1S/C31H40N6O13/c1-18(38)46-22(15-33-14-21-8-5-4-6-9-21)17-45-31-28(30(48-20(3)40)29(47-19(2)39)23(49-31)16-34-36-32)35-24(41)10-7-11-27(44)50-37-25(42)12-13-26(37)43/h4-6,8-9,22-23,28-31,33H,7,10-17H2,1-3H3,(H,35,41). The SMILES string of the molecule is CC(=O)OC(CNCc1ccccc1)COC1OC(CN=[N+]=[N-])C(OC(C)=O)C(OC(C)=O)C1NC(=O)CCCC(=O)ON1C(=O)CCC1=O. The van der Waals surface area contributed by atoms with E-state index in [1.807, 2.05) is 30.3 Å². The van der Waals surface area contributed by atoms with Crippen molar-refractivity contribution < 1.29 is 62.1 Å². The van der Waals surface area contributed by atoms with E-state index in [1.165, 1.54) is 6.92 Å². The summed E-state index contributed by atoms with van der Waals surface area (Å²) in [6, 6.07) is 8.10. The lowest BCUT2D eigenvalue weighted by atomic mass is 9.95. The molecule has 19 heteroatoms. The van der Waals surface area contributed by atoms with E-state index in [2.05, 4.69) is 20.7 Å². The third kappa shape index (κ3) is 12.7. The van der Waals surface area contributed by atoms with E-state index in [4.69, 9.17) is 34.1 Å². The zero-order valence-electron chi connectivity index (χ0n) is 27.8. The number of ether oxygens (including phenoxy) is 5. The molecule has 0 saturated carbocycles. The molecule has 0 aliphatic carbocycles. The molecule has 2 fully saturated rings. The molecule has 0 bridgehead atoms. The number of carbonyl (C=O) groups is 7. The maximum atomic E-state index is 13.2. The molecule has 0 aromatic heterocycles. The first-order valence-corrected chi connectivity index (χ1v) is 15.8.